The molecule has 0 amide bonds. The molecule has 0 unspecified atom stereocenters. The van der Waals surface area contributed by atoms with Crippen molar-refractivity contribution in [3.05, 3.63) is 0 Å². The van der Waals surface area contributed by atoms with Crippen LogP contribution in [0.5, 0.6) is 0 Å². The number of hydrogen-bond donors (Lipinski definition) is 0. The molecule has 0 aromatic carbocycles. The average Bonchev–Trinajstić information content (AvgIpc) is 1.91. The molecule has 1 heterocycles. The van der Waals surface area contributed by atoms with Crippen LogP contribution in [0, 0.1) is 0 Å². The smallest absolute Gasteiger partial charge is 0.187 e. The van der Waals surface area contributed by atoms with Crippen molar-refractivity contribution in [1.29, 1.82) is 0 Å². The van der Waals surface area contributed by atoms with Crippen molar-refractivity contribution in [1.82, 2.24) is 5.06 Å². The molecule has 0 atom stereocenters. The van der Waals surface area contributed by atoms with E-state index in [-0.39, 0.29) is 9.76 Å². The highest BCUT2D eigenvalue weighted by Crippen LogP contribution is 2.07. The van der Waals surface area contributed by atoms with E-state index < -0.39 is 0 Å². The van der Waals surface area contributed by atoms with Crippen LogP contribution in [0.2, 0.25) is 6.55 Å². The molecule has 1 aliphatic heterocycles. The van der Waals surface area contributed by atoms with Crippen LogP contribution in [-0.2, 0) is 4.53 Å². The average molecular weight is 145 g/mol. The lowest BCUT2D eigenvalue weighted by atomic mass is 10.2. The van der Waals surface area contributed by atoms with Gasteiger partial charge in [0.1, 0.15) is 0 Å². The molecule has 0 N–H and O–H groups in total. The lowest BCUT2D eigenvalue weighted by Crippen LogP contribution is -2.30. The van der Waals surface area contributed by atoms with Gasteiger partial charge in [-0.15, -0.1) is 0 Å². The maximum Gasteiger partial charge on any atom is 0.187 e. The van der Waals surface area contributed by atoms with E-state index in [1.165, 1.54) is 32.4 Å². The predicted octanol–water partition coefficient (Wildman–Crippen LogP) is 0.536. The minimum atomic E-state index is -0.205. The second-order valence-corrected chi connectivity index (χ2v) is 3.24. The quantitative estimate of drug-likeness (QED) is 0.526. The zero-order chi connectivity index (χ0) is 6.53. The van der Waals surface area contributed by atoms with Gasteiger partial charge in [0.2, 0.25) is 0 Å². The maximum atomic E-state index is 5.46. The van der Waals surface area contributed by atoms with E-state index in [2.05, 4.69) is 11.6 Å². The Labute approximate surface area is 59.1 Å². The standard InChI is InChI=1S/C6H15NOSi/c1-9-8-7-5-3-2-4-6-7/h2-6,9H2,1H3. The van der Waals surface area contributed by atoms with E-state index in [0.29, 0.717) is 0 Å². The summed E-state index contributed by atoms with van der Waals surface area (Å²) in [6.45, 7) is 4.51. The zero-order valence-electron chi connectivity index (χ0n) is 6.10. The van der Waals surface area contributed by atoms with E-state index in [1.807, 2.05) is 0 Å². The molecule has 0 spiro atoms. The molecule has 1 aliphatic rings. The Hall–Kier alpha value is 0.137. The van der Waals surface area contributed by atoms with Gasteiger partial charge in [-0.1, -0.05) is 6.42 Å². The molecule has 1 saturated heterocycles. The normalized spacial score (nSPS) is 23.7. The third-order valence-electron chi connectivity index (χ3n) is 1.63. The van der Waals surface area contributed by atoms with Crippen LogP contribution in [0.1, 0.15) is 19.3 Å². The number of nitrogens with zero attached hydrogens (tertiary/aromatic N) is 1. The van der Waals surface area contributed by atoms with Crippen LogP contribution in [0.25, 0.3) is 0 Å². The van der Waals surface area contributed by atoms with Crippen molar-refractivity contribution in [2.45, 2.75) is 25.8 Å². The summed E-state index contributed by atoms with van der Waals surface area (Å²) in [6, 6.07) is 0. The van der Waals surface area contributed by atoms with Crippen molar-refractivity contribution in [2.75, 3.05) is 13.1 Å². The van der Waals surface area contributed by atoms with E-state index in [0.717, 1.165) is 0 Å². The molecule has 0 bridgehead atoms. The summed E-state index contributed by atoms with van der Waals surface area (Å²) < 4.78 is 5.46. The molecule has 54 valence electrons. The van der Waals surface area contributed by atoms with Crippen molar-refractivity contribution < 1.29 is 4.53 Å². The Bertz CT molecular complexity index is 70.7. The molecule has 0 saturated carbocycles. The lowest BCUT2D eigenvalue weighted by molar-refractivity contribution is -0.0700. The van der Waals surface area contributed by atoms with E-state index in [9.17, 15) is 0 Å². The first kappa shape index (κ1) is 7.25. The highest BCUT2D eigenvalue weighted by atomic mass is 28.2. The number of hydrogen-bond acceptors (Lipinski definition) is 2. The summed E-state index contributed by atoms with van der Waals surface area (Å²) in [5.41, 5.74) is 0. The number of rotatable bonds is 2. The van der Waals surface area contributed by atoms with Gasteiger partial charge in [0.15, 0.2) is 9.76 Å². The van der Waals surface area contributed by atoms with Gasteiger partial charge in [0.25, 0.3) is 0 Å². The minimum absolute atomic E-state index is 0.205. The van der Waals surface area contributed by atoms with Crippen LogP contribution >= 0.6 is 0 Å². The highest BCUT2D eigenvalue weighted by molar-refractivity contribution is 6.24. The first-order valence-corrected chi connectivity index (χ1v) is 5.80. The highest BCUT2D eigenvalue weighted by Gasteiger charge is 2.07. The van der Waals surface area contributed by atoms with Gasteiger partial charge >= 0.3 is 0 Å². The van der Waals surface area contributed by atoms with Crippen LogP contribution in [0.3, 0.4) is 0 Å². The van der Waals surface area contributed by atoms with Crippen molar-refractivity contribution in [3.63, 3.8) is 0 Å². The van der Waals surface area contributed by atoms with Gasteiger partial charge in [0, 0.05) is 13.1 Å². The third kappa shape index (κ3) is 2.47. The zero-order valence-corrected chi connectivity index (χ0v) is 7.51. The summed E-state index contributed by atoms with van der Waals surface area (Å²) in [5, 5.41) is 2.13. The predicted molar refractivity (Wildman–Crippen MR) is 40.9 cm³/mol. The number of piperidine rings is 1. The van der Waals surface area contributed by atoms with E-state index in [4.69, 9.17) is 4.53 Å². The monoisotopic (exact) mass is 145 g/mol. The molecular weight excluding hydrogens is 130 g/mol. The van der Waals surface area contributed by atoms with Crippen LogP contribution in [0.15, 0.2) is 0 Å². The molecule has 3 heteroatoms. The maximum absolute atomic E-state index is 5.46. The summed E-state index contributed by atoms with van der Waals surface area (Å²) in [6.07, 6.45) is 4.05. The van der Waals surface area contributed by atoms with Gasteiger partial charge in [0.05, 0.1) is 0 Å². The Morgan fingerprint density at radius 2 is 1.89 bits per heavy atom. The van der Waals surface area contributed by atoms with Crippen molar-refractivity contribution in [2.24, 2.45) is 0 Å². The molecule has 1 rings (SSSR count). The molecule has 1 fully saturated rings. The lowest BCUT2D eigenvalue weighted by Gasteiger charge is -2.25. The molecule has 2 nitrogen and oxygen atoms in total. The molecule has 0 aromatic rings. The first-order valence-electron chi connectivity index (χ1n) is 3.81. The van der Waals surface area contributed by atoms with Gasteiger partial charge in [-0.2, -0.15) is 0 Å². The Morgan fingerprint density at radius 1 is 1.22 bits per heavy atom. The second kappa shape index (κ2) is 4.03. The SMILES string of the molecule is C[SiH2]ON1CCCCC1. The Kier molecular flexibility index (Phi) is 3.25. The van der Waals surface area contributed by atoms with E-state index >= 15 is 0 Å². The van der Waals surface area contributed by atoms with Crippen LogP contribution in [-0.4, -0.2) is 27.9 Å². The van der Waals surface area contributed by atoms with Gasteiger partial charge in [-0.05, 0) is 19.4 Å². The Balaban J connectivity index is 2.08. The fourth-order valence-corrected chi connectivity index (χ4v) is 1.80. The Morgan fingerprint density at radius 3 is 2.44 bits per heavy atom. The first-order chi connectivity index (χ1) is 4.43. The fraction of sp³-hybridized carbons (Fsp3) is 1.00. The van der Waals surface area contributed by atoms with Crippen molar-refractivity contribution >= 4 is 9.76 Å². The third-order valence-corrected chi connectivity index (χ3v) is 2.25. The second-order valence-electron chi connectivity index (χ2n) is 2.41. The van der Waals surface area contributed by atoms with E-state index in [1.54, 1.807) is 0 Å². The molecule has 0 radical (unpaired) electrons. The minimum Gasteiger partial charge on any atom is -0.351 e. The summed E-state index contributed by atoms with van der Waals surface area (Å²) in [4.78, 5) is 0. The summed E-state index contributed by atoms with van der Waals surface area (Å²) in [7, 11) is -0.205. The van der Waals surface area contributed by atoms with Gasteiger partial charge in [-0.25, -0.2) is 5.06 Å². The largest absolute Gasteiger partial charge is 0.351 e. The van der Waals surface area contributed by atoms with Crippen LogP contribution < -0.4 is 0 Å². The van der Waals surface area contributed by atoms with Crippen molar-refractivity contribution in [3.8, 4) is 0 Å². The summed E-state index contributed by atoms with van der Waals surface area (Å²) >= 11 is 0. The van der Waals surface area contributed by atoms with Crippen LogP contribution in [0.4, 0.5) is 0 Å². The fourth-order valence-electron chi connectivity index (χ4n) is 1.18. The molecule has 9 heavy (non-hydrogen) atoms. The molecule has 0 aliphatic carbocycles. The van der Waals surface area contributed by atoms with Gasteiger partial charge < -0.3 is 4.53 Å². The number of hydroxylamine groups is 2. The van der Waals surface area contributed by atoms with Gasteiger partial charge in [-0.3, -0.25) is 0 Å². The molecule has 0 aromatic heterocycles. The summed E-state index contributed by atoms with van der Waals surface area (Å²) in [5.74, 6) is 0. The topological polar surface area (TPSA) is 12.5 Å². The molecular formula is C6H15NOSi.